The number of allylic oxidation sites excluding steroid dienone is 10. The van der Waals surface area contributed by atoms with Crippen LogP contribution in [-0.2, 0) is 32.7 Å². The molecular weight excluding hydrogens is 795 g/mol. The Bertz CT molecular complexity index is 1340. The van der Waals surface area contributed by atoms with E-state index < -0.39 is 81.8 Å². The molecule has 4 unspecified atom stereocenters. The van der Waals surface area contributed by atoms with Gasteiger partial charge in [0, 0.05) is 12.8 Å². The lowest BCUT2D eigenvalue weighted by atomic mass is 9.85. The highest BCUT2D eigenvalue weighted by Crippen LogP contribution is 2.47. The quantitative estimate of drug-likeness (QED) is 0.0115. The summed E-state index contributed by atoms with van der Waals surface area (Å²) in [6.45, 7) is 3.01. The van der Waals surface area contributed by atoms with Crippen LogP contribution in [0.15, 0.2) is 72.9 Å². The minimum absolute atomic E-state index is 0.0516. The molecule has 0 heterocycles. The molecule has 0 radical (unpaired) electrons. The van der Waals surface area contributed by atoms with Crippen molar-refractivity contribution >= 4 is 19.8 Å². The molecule has 0 bridgehead atoms. The number of hydrogen-bond donors (Lipinski definition) is 7. The van der Waals surface area contributed by atoms with E-state index in [0.29, 0.717) is 32.1 Å². The van der Waals surface area contributed by atoms with Gasteiger partial charge in [0.25, 0.3) is 0 Å². The number of ether oxygens (including phenoxy) is 2. The van der Waals surface area contributed by atoms with Gasteiger partial charge in [-0.3, -0.25) is 18.6 Å². The molecule has 0 spiro atoms. The van der Waals surface area contributed by atoms with Gasteiger partial charge in [-0.2, -0.15) is 0 Å². The normalized spacial score (nSPS) is 23.4. The Balaban J connectivity index is 2.57. The fraction of sp³-hybridized carbons (Fsp3) is 0.689. The molecule has 0 aromatic rings. The summed E-state index contributed by atoms with van der Waals surface area (Å²) in [7, 11) is -5.15. The van der Waals surface area contributed by atoms with Crippen molar-refractivity contribution in [3.63, 3.8) is 0 Å². The smallest absolute Gasteiger partial charge is 0.462 e. The fourth-order valence-electron chi connectivity index (χ4n) is 6.05. The van der Waals surface area contributed by atoms with Gasteiger partial charge < -0.3 is 45.0 Å². The van der Waals surface area contributed by atoms with Crippen LogP contribution in [-0.4, -0.2) is 110 Å². The van der Waals surface area contributed by atoms with Crippen molar-refractivity contribution < 1.29 is 68.2 Å². The number of hydrogen-bond acceptors (Lipinski definition) is 13. The van der Waals surface area contributed by atoms with Gasteiger partial charge in [-0.1, -0.05) is 125 Å². The first-order valence-corrected chi connectivity index (χ1v) is 23.3. The van der Waals surface area contributed by atoms with Crippen LogP contribution in [0.5, 0.6) is 0 Å². The van der Waals surface area contributed by atoms with Crippen molar-refractivity contribution in [2.75, 3.05) is 13.2 Å². The average molecular weight is 871 g/mol. The Kier molecular flexibility index (Phi) is 32.0. The summed E-state index contributed by atoms with van der Waals surface area (Å²) in [5.74, 6) is -1.23. The maximum absolute atomic E-state index is 12.8. The first-order chi connectivity index (χ1) is 28.8. The van der Waals surface area contributed by atoms with Crippen LogP contribution >= 0.6 is 7.82 Å². The van der Waals surface area contributed by atoms with Gasteiger partial charge in [0.05, 0.1) is 12.7 Å². The topological polar surface area (TPSA) is 230 Å². The molecule has 15 heteroatoms. The number of esters is 2. The molecule has 344 valence electrons. The Morgan fingerprint density at radius 2 is 1.17 bits per heavy atom. The number of carbonyl (C=O) groups is 2. The molecule has 1 rings (SSSR count). The van der Waals surface area contributed by atoms with Crippen molar-refractivity contribution in [2.24, 2.45) is 0 Å². The summed E-state index contributed by atoms with van der Waals surface area (Å²) >= 11 is 0. The predicted molar refractivity (Wildman–Crippen MR) is 231 cm³/mol. The van der Waals surface area contributed by atoms with Gasteiger partial charge >= 0.3 is 19.8 Å². The lowest BCUT2D eigenvalue weighted by Gasteiger charge is -2.41. The van der Waals surface area contributed by atoms with Gasteiger partial charge in [-0.15, -0.1) is 0 Å². The molecule has 9 atom stereocenters. The first kappa shape index (κ1) is 55.3. The number of rotatable bonds is 34. The maximum atomic E-state index is 12.8. The second-order valence-electron chi connectivity index (χ2n) is 15.0. The summed E-state index contributed by atoms with van der Waals surface area (Å²) in [5, 5.41) is 60.1. The van der Waals surface area contributed by atoms with Crippen LogP contribution in [0.3, 0.4) is 0 Å². The molecule has 0 aromatic carbocycles. The van der Waals surface area contributed by atoms with Crippen LogP contribution in [0, 0.1) is 0 Å². The Morgan fingerprint density at radius 3 is 1.85 bits per heavy atom. The van der Waals surface area contributed by atoms with E-state index in [4.69, 9.17) is 18.5 Å². The standard InChI is InChI=1S/C45H75O14P/c1-3-5-7-9-11-12-13-14-15-16-21-25-29-33-39(48)58-37(35-57-60(54,55)59-45-43(52)41(50)40(49)42(51)44(45)53)34-56-38(47)32-28-24-20-18-17-19-23-27-31-36(46)30-26-22-10-8-6-4-2/h6,8,12-13,18-20,22-23,26-27,31,36-37,40-46,49-53H,3-5,7,9-11,14-17,21,24-25,28-30,32-35H2,1-2H3,(H,54,55)/b8-6-,13-12-,20-18-,23-19-,26-22-,31-27+/t36?,37-,40?,41-,42+,43-,44-,45?/m1/s1. The van der Waals surface area contributed by atoms with Crippen LogP contribution in [0.25, 0.3) is 0 Å². The highest BCUT2D eigenvalue weighted by Gasteiger charge is 2.51. The number of aliphatic hydroxyl groups excluding tert-OH is 6. The summed E-state index contributed by atoms with van der Waals surface area (Å²) in [5.41, 5.74) is 0. The molecule has 1 aliphatic carbocycles. The van der Waals surface area contributed by atoms with E-state index >= 15 is 0 Å². The van der Waals surface area contributed by atoms with E-state index in [1.807, 2.05) is 36.5 Å². The van der Waals surface area contributed by atoms with E-state index in [9.17, 15) is 49.7 Å². The van der Waals surface area contributed by atoms with Crippen molar-refractivity contribution in [3.8, 4) is 0 Å². The third-order valence-electron chi connectivity index (χ3n) is 9.61. The monoisotopic (exact) mass is 870 g/mol. The van der Waals surface area contributed by atoms with Crippen molar-refractivity contribution in [1.29, 1.82) is 0 Å². The van der Waals surface area contributed by atoms with E-state index in [1.165, 1.54) is 25.7 Å². The largest absolute Gasteiger partial charge is 0.472 e. The lowest BCUT2D eigenvalue weighted by molar-refractivity contribution is -0.220. The molecule has 1 saturated carbocycles. The zero-order valence-corrected chi connectivity index (χ0v) is 36.7. The molecule has 1 fully saturated rings. The van der Waals surface area contributed by atoms with Crippen LogP contribution in [0.4, 0.5) is 0 Å². The van der Waals surface area contributed by atoms with Crippen LogP contribution in [0.1, 0.15) is 136 Å². The third-order valence-corrected chi connectivity index (χ3v) is 10.6. The number of phosphoric acid groups is 1. The van der Waals surface area contributed by atoms with Gasteiger partial charge in [-0.25, -0.2) is 4.57 Å². The van der Waals surface area contributed by atoms with E-state index in [2.05, 4.69) is 38.2 Å². The summed E-state index contributed by atoms with van der Waals surface area (Å²) in [4.78, 5) is 35.6. The van der Waals surface area contributed by atoms with Crippen LogP contribution in [0.2, 0.25) is 0 Å². The van der Waals surface area contributed by atoms with Gasteiger partial charge in [0.2, 0.25) is 0 Å². The molecule has 0 amide bonds. The predicted octanol–water partition coefficient (Wildman–Crippen LogP) is 6.91. The average Bonchev–Trinajstić information content (AvgIpc) is 3.22. The second-order valence-corrected chi connectivity index (χ2v) is 16.4. The third kappa shape index (κ3) is 27.2. The lowest BCUT2D eigenvalue weighted by Crippen LogP contribution is -2.64. The van der Waals surface area contributed by atoms with Crippen LogP contribution < -0.4 is 0 Å². The van der Waals surface area contributed by atoms with Gasteiger partial charge in [-0.05, 0) is 70.6 Å². The Hall–Kier alpha value is -2.75. The maximum Gasteiger partial charge on any atom is 0.472 e. The molecule has 0 aromatic heterocycles. The Labute approximate surface area is 358 Å². The molecular formula is C45H75O14P. The zero-order valence-electron chi connectivity index (χ0n) is 35.8. The van der Waals surface area contributed by atoms with E-state index in [-0.39, 0.29) is 12.8 Å². The molecule has 14 nitrogen and oxygen atoms in total. The van der Waals surface area contributed by atoms with Crippen molar-refractivity contribution in [3.05, 3.63) is 72.9 Å². The summed E-state index contributed by atoms with van der Waals surface area (Å²) in [6.07, 6.45) is 25.7. The zero-order chi connectivity index (χ0) is 44.4. The van der Waals surface area contributed by atoms with Crippen molar-refractivity contribution in [2.45, 2.75) is 185 Å². The van der Waals surface area contributed by atoms with E-state index in [1.54, 1.807) is 12.2 Å². The molecule has 1 aliphatic rings. The first-order valence-electron chi connectivity index (χ1n) is 21.8. The van der Waals surface area contributed by atoms with E-state index in [0.717, 1.165) is 51.4 Å². The minimum Gasteiger partial charge on any atom is -0.462 e. The SMILES string of the molecule is CC/C=C\C/C=C\CC(O)/C=C/C=C\C/C=C\CCCC(=O)OC[C@H](COP(=O)(O)OC1[C@H](O)[C@H](O)C(O)[C@H](O)[C@H]1O)OC(=O)CCCCCCC/C=C\CCCCCC. The fourth-order valence-corrected chi connectivity index (χ4v) is 7.02. The molecule has 60 heavy (non-hydrogen) atoms. The number of phosphoric ester groups is 1. The van der Waals surface area contributed by atoms with Gasteiger partial charge in [0.1, 0.15) is 43.2 Å². The summed E-state index contributed by atoms with van der Waals surface area (Å²) < 4.78 is 33.3. The summed E-state index contributed by atoms with van der Waals surface area (Å²) in [6, 6.07) is 0. The number of aliphatic hydroxyl groups is 6. The minimum atomic E-state index is -5.15. The highest BCUT2D eigenvalue weighted by atomic mass is 31.2. The number of carbonyl (C=O) groups excluding carboxylic acids is 2. The highest BCUT2D eigenvalue weighted by molar-refractivity contribution is 7.47. The second kappa shape index (κ2) is 34.8. The van der Waals surface area contributed by atoms with Crippen molar-refractivity contribution in [1.82, 2.24) is 0 Å². The molecule has 0 saturated heterocycles. The molecule has 7 N–H and O–H groups in total. The number of unbranched alkanes of at least 4 members (excludes halogenated alkanes) is 10. The Morgan fingerprint density at radius 1 is 0.617 bits per heavy atom. The van der Waals surface area contributed by atoms with Gasteiger partial charge in [0.15, 0.2) is 6.10 Å². The molecule has 0 aliphatic heterocycles.